The van der Waals surface area contributed by atoms with Crippen LogP contribution in [0.1, 0.15) is 67.2 Å². The minimum atomic E-state index is -2.96. The monoisotopic (exact) mass is 680 g/mol. The van der Waals surface area contributed by atoms with Crippen LogP contribution >= 0.6 is 0 Å². The van der Waals surface area contributed by atoms with Crippen molar-refractivity contribution in [3.8, 4) is 0 Å². The van der Waals surface area contributed by atoms with Gasteiger partial charge in [0, 0.05) is 26.2 Å². The number of nitrogens with one attached hydrogen (secondary N) is 3. The number of aldehydes is 1. The van der Waals surface area contributed by atoms with Gasteiger partial charge in [0.05, 0.1) is 45.7 Å². The van der Waals surface area contributed by atoms with Gasteiger partial charge >= 0.3 is 13.2 Å². The van der Waals surface area contributed by atoms with Gasteiger partial charge < -0.3 is 44.8 Å². The van der Waals surface area contributed by atoms with E-state index >= 15 is 0 Å². The molecule has 0 bridgehead atoms. The zero-order chi connectivity index (χ0) is 36.0. The van der Waals surface area contributed by atoms with Gasteiger partial charge in [-0.3, -0.25) is 9.69 Å². The third kappa shape index (κ3) is 33.9. The van der Waals surface area contributed by atoms with Gasteiger partial charge in [-0.25, -0.2) is 0 Å². The molecule has 0 aromatic carbocycles. The number of alkyl halides is 4. The fraction of sp³-hybridized carbons (Fsp3) is 0.935. The number of halogens is 4. The van der Waals surface area contributed by atoms with Crippen LogP contribution in [0.5, 0.6) is 0 Å². The number of hydrogen-bond acceptors (Lipinski definition) is 10. The van der Waals surface area contributed by atoms with Gasteiger partial charge in [-0.1, -0.05) is 47.5 Å². The summed E-state index contributed by atoms with van der Waals surface area (Å²) in [7, 11) is 4.62. The normalized spacial score (nSPS) is 18.8. The average molecular weight is 681 g/mol. The van der Waals surface area contributed by atoms with E-state index in [1.807, 2.05) is 11.9 Å². The molecule has 0 spiro atoms. The molecule has 46 heavy (non-hydrogen) atoms. The number of morpholine rings is 1. The van der Waals surface area contributed by atoms with Crippen molar-refractivity contribution in [1.29, 1.82) is 0 Å². The molecule has 3 aliphatic rings. The van der Waals surface area contributed by atoms with Crippen molar-refractivity contribution in [1.82, 2.24) is 20.9 Å². The first-order valence-electron chi connectivity index (χ1n) is 16.0. The predicted molar refractivity (Wildman–Crippen MR) is 172 cm³/mol. The lowest BCUT2D eigenvalue weighted by Crippen LogP contribution is -2.47. The van der Waals surface area contributed by atoms with Crippen molar-refractivity contribution in [2.75, 3.05) is 80.4 Å². The molecule has 1 saturated carbocycles. The molecule has 278 valence electrons. The fourth-order valence-electron chi connectivity index (χ4n) is 3.35. The van der Waals surface area contributed by atoms with Gasteiger partial charge in [0.1, 0.15) is 12.3 Å². The Bertz CT molecular complexity index is 685. The van der Waals surface area contributed by atoms with Crippen LogP contribution in [0.15, 0.2) is 0 Å². The minimum Gasteiger partial charge on any atom is -0.400 e. The summed E-state index contributed by atoms with van der Waals surface area (Å²) in [5.41, 5.74) is 0.639. The minimum absolute atomic E-state index is 0.0148. The number of nitrogens with zero attached hydrogens (tertiary/aromatic N) is 1. The van der Waals surface area contributed by atoms with Crippen LogP contribution in [-0.2, 0) is 28.5 Å². The zero-order valence-corrected chi connectivity index (χ0v) is 29.6. The first-order valence-corrected chi connectivity index (χ1v) is 16.0. The van der Waals surface area contributed by atoms with Gasteiger partial charge in [-0.15, -0.1) is 0 Å². The van der Waals surface area contributed by atoms with Gasteiger partial charge in [-0.2, -0.15) is 17.6 Å². The van der Waals surface area contributed by atoms with Gasteiger partial charge in [0.25, 0.3) is 0 Å². The molecule has 0 radical (unpaired) electrons. The number of hydrogen-bond donors (Lipinski definition) is 4. The second kappa shape index (κ2) is 32.1. The van der Waals surface area contributed by atoms with Crippen molar-refractivity contribution in [3.05, 3.63) is 0 Å². The van der Waals surface area contributed by atoms with Gasteiger partial charge in [0.2, 0.25) is 5.91 Å². The van der Waals surface area contributed by atoms with E-state index in [0.717, 1.165) is 26.2 Å². The second-order valence-electron chi connectivity index (χ2n) is 11.4. The molecule has 1 aliphatic carbocycles. The SMILES string of the molecule is CC1(C2CO2)CC1.CCCC(C)C.CCNC.CN[C@H](C)COC(F)F.CO.O=CC(COC(F)F)NC(=O)CN1CCOCC1. The predicted octanol–water partition coefficient (Wildman–Crippen LogP) is 3.54. The first kappa shape index (κ1) is 48.9. The number of carbonyl (C=O) groups is 2. The van der Waals surface area contributed by atoms with Crippen LogP contribution < -0.4 is 16.0 Å². The number of ether oxygens (including phenoxy) is 4. The number of amides is 1. The Balaban J connectivity index is -0.000000552. The average Bonchev–Trinajstić information content (AvgIpc) is 3.97. The summed E-state index contributed by atoms with van der Waals surface area (Å²) in [4.78, 5) is 24.0. The molecule has 2 heterocycles. The summed E-state index contributed by atoms with van der Waals surface area (Å²) in [5, 5.41) is 15.0. The van der Waals surface area contributed by atoms with E-state index < -0.39 is 31.8 Å². The lowest BCUT2D eigenvalue weighted by molar-refractivity contribution is -0.142. The highest BCUT2D eigenvalue weighted by Crippen LogP contribution is 2.53. The summed E-state index contributed by atoms with van der Waals surface area (Å²) < 4.78 is 64.3. The smallest absolute Gasteiger partial charge is 0.345 e. The van der Waals surface area contributed by atoms with E-state index in [1.165, 1.54) is 25.7 Å². The maximum absolute atomic E-state index is 11.8. The third-order valence-electron chi connectivity index (χ3n) is 6.72. The van der Waals surface area contributed by atoms with Crippen molar-refractivity contribution in [2.45, 2.75) is 98.6 Å². The molecule has 2 unspecified atom stereocenters. The maximum Gasteiger partial charge on any atom is 0.345 e. The Morgan fingerprint density at radius 3 is 1.83 bits per heavy atom. The van der Waals surface area contributed by atoms with Gasteiger partial charge in [-0.05, 0) is 51.7 Å². The van der Waals surface area contributed by atoms with Crippen molar-refractivity contribution in [2.24, 2.45) is 11.3 Å². The number of carbonyl (C=O) groups excluding carboxylic acids is 2. The number of aliphatic hydroxyl groups is 1. The van der Waals surface area contributed by atoms with Gasteiger partial charge in [0.15, 0.2) is 0 Å². The first-order chi connectivity index (χ1) is 21.8. The van der Waals surface area contributed by atoms with Crippen LogP contribution in [0.25, 0.3) is 0 Å². The van der Waals surface area contributed by atoms with E-state index in [0.29, 0.717) is 44.1 Å². The second-order valence-corrected chi connectivity index (χ2v) is 11.4. The van der Waals surface area contributed by atoms with E-state index in [1.54, 1.807) is 14.0 Å². The highest BCUT2D eigenvalue weighted by atomic mass is 19.3. The van der Waals surface area contributed by atoms with Crippen LogP contribution in [-0.4, -0.2) is 134 Å². The Labute approximate surface area is 274 Å². The van der Waals surface area contributed by atoms with Crippen molar-refractivity contribution < 1.29 is 51.2 Å². The largest absolute Gasteiger partial charge is 0.400 e. The Morgan fingerprint density at radius 2 is 1.52 bits per heavy atom. The zero-order valence-electron chi connectivity index (χ0n) is 29.6. The lowest BCUT2D eigenvalue weighted by Gasteiger charge is -2.26. The topological polar surface area (TPSA) is 134 Å². The van der Waals surface area contributed by atoms with E-state index in [9.17, 15) is 27.2 Å². The highest BCUT2D eigenvalue weighted by Gasteiger charge is 2.51. The highest BCUT2D eigenvalue weighted by molar-refractivity contribution is 5.81. The lowest BCUT2D eigenvalue weighted by atomic mass is 10.1. The summed E-state index contributed by atoms with van der Waals surface area (Å²) in [6.07, 6.45) is 6.54. The molecule has 4 N–H and O–H groups in total. The molecular weight excluding hydrogens is 616 g/mol. The molecule has 3 fully saturated rings. The Kier molecular flexibility index (Phi) is 34.2. The van der Waals surface area contributed by atoms with E-state index in [2.05, 4.69) is 60.0 Å². The van der Waals surface area contributed by atoms with E-state index in [4.69, 9.17) is 14.6 Å². The van der Waals surface area contributed by atoms with E-state index in [-0.39, 0.29) is 19.2 Å². The quantitative estimate of drug-likeness (QED) is 0.116. The third-order valence-corrected chi connectivity index (χ3v) is 6.72. The van der Waals surface area contributed by atoms with Crippen molar-refractivity contribution in [3.63, 3.8) is 0 Å². The molecule has 0 aromatic rings. The summed E-state index contributed by atoms with van der Waals surface area (Å²) in [6, 6.07) is -1.06. The standard InChI is InChI=1S/C10H16F2N2O4.C6H10O.C6H14.C5H11F2NO.C3H9N.CH4O/c11-10(12)18-7-8(6-15)13-9(16)5-14-1-3-17-4-2-14;1-6(2-3-6)5-4-7-5;1-4-5-6(2)3;1-4(8-2)3-9-5(6)7;1-3-4-2;1-2/h6,8,10H,1-5,7H2,(H,13,16);5H,2-4H2,1H3;6H,4-5H2,1-3H3;4-5,8H,3H2,1-2H3;4H,3H2,1-2H3;2H,1H3/t;;;4-;;/m...1../s1. The Morgan fingerprint density at radius 1 is 1.02 bits per heavy atom. The molecule has 3 atom stereocenters. The van der Waals surface area contributed by atoms with Crippen LogP contribution in [0.3, 0.4) is 0 Å². The number of aliphatic hydroxyl groups excluding tert-OH is 1. The molecule has 3 rings (SSSR count). The molecule has 15 heteroatoms. The van der Waals surface area contributed by atoms with Crippen LogP contribution in [0, 0.1) is 11.3 Å². The molecule has 1 amide bonds. The molecule has 2 aliphatic heterocycles. The Hall–Kier alpha value is -1.46. The summed E-state index contributed by atoms with van der Waals surface area (Å²) >= 11 is 0. The molecular formula is C31H64F4N4O7. The number of epoxide rings is 1. The molecule has 0 aromatic heterocycles. The number of likely N-dealkylation sites (N-methyl/N-ethyl adjacent to an activating group) is 1. The van der Waals surface area contributed by atoms with Crippen LogP contribution in [0.2, 0.25) is 0 Å². The maximum atomic E-state index is 11.8. The molecule has 11 nitrogen and oxygen atoms in total. The summed E-state index contributed by atoms with van der Waals surface area (Å²) in [5.74, 6) is 0.502. The summed E-state index contributed by atoms with van der Waals surface area (Å²) in [6.45, 7) is 11.4. The molecule has 2 saturated heterocycles. The fourth-order valence-corrected chi connectivity index (χ4v) is 3.35. The van der Waals surface area contributed by atoms with Crippen molar-refractivity contribution >= 4 is 12.2 Å². The van der Waals surface area contributed by atoms with Crippen LogP contribution in [0.4, 0.5) is 17.6 Å². The number of rotatable bonds is 15.